The largest absolute Gasteiger partial charge is 0.390 e. The Morgan fingerprint density at radius 2 is 2.00 bits per heavy atom. The second-order valence-electron chi connectivity index (χ2n) is 4.37. The first-order valence-corrected chi connectivity index (χ1v) is 4.42. The molecule has 1 aliphatic carbocycles. The third-order valence-corrected chi connectivity index (χ3v) is 2.60. The van der Waals surface area contributed by atoms with Gasteiger partial charge in [0.1, 0.15) is 0 Å². The van der Waals surface area contributed by atoms with Crippen LogP contribution >= 0.6 is 0 Å². The molecule has 3 heteroatoms. The lowest BCUT2D eigenvalue weighted by atomic mass is 9.81. The van der Waals surface area contributed by atoms with Gasteiger partial charge < -0.3 is 10.2 Å². The minimum absolute atomic E-state index is 0.000556. The number of ketones is 1. The number of Topliss-reactive ketones (excluding diaryl/α,β-unsaturated/α-hetero) is 1. The van der Waals surface area contributed by atoms with Crippen molar-refractivity contribution >= 4 is 5.78 Å². The number of hydrogen-bond donors (Lipinski definition) is 2. The predicted octanol–water partition coefficient (Wildman–Crippen LogP) is 0.654. The van der Waals surface area contributed by atoms with E-state index in [2.05, 4.69) is 0 Å². The molecule has 0 heterocycles. The van der Waals surface area contributed by atoms with E-state index in [-0.39, 0.29) is 12.2 Å². The predicted molar refractivity (Wildman–Crippen MR) is 49.2 cm³/mol. The summed E-state index contributed by atoms with van der Waals surface area (Å²) in [6, 6.07) is 0. The SMILES string of the molecule is CC1=C[C@@H](O)[C@@H](O)C(C)(C)CC1=O. The van der Waals surface area contributed by atoms with Gasteiger partial charge >= 0.3 is 0 Å². The molecule has 1 aliphatic rings. The fourth-order valence-electron chi connectivity index (χ4n) is 1.56. The maximum atomic E-state index is 11.4. The number of aliphatic hydroxyl groups excluding tert-OH is 2. The number of allylic oxidation sites excluding steroid dienone is 1. The lowest BCUT2D eigenvalue weighted by Gasteiger charge is -2.29. The molecule has 0 aromatic rings. The third kappa shape index (κ3) is 1.98. The first kappa shape index (κ1) is 10.4. The highest BCUT2D eigenvalue weighted by Crippen LogP contribution is 2.32. The van der Waals surface area contributed by atoms with Crippen LogP contribution in [-0.4, -0.2) is 28.2 Å². The Labute approximate surface area is 78.1 Å². The standard InChI is InChI=1S/C10H16O3/c1-6-4-7(11)9(13)10(2,3)5-8(6)12/h4,7,9,11,13H,5H2,1-3H3/t7-,9-/m1/s1. The van der Waals surface area contributed by atoms with Crippen LogP contribution < -0.4 is 0 Å². The highest BCUT2D eigenvalue weighted by atomic mass is 16.3. The van der Waals surface area contributed by atoms with Gasteiger partial charge in [0.2, 0.25) is 0 Å². The molecule has 0 spiro atoms. The molecule has 2 N–H and O–H groups in total. The van der Waals surface area contributed by atoms with Crippen LogP contribution in [0, 0.1) is 5.41 Å². The Morgan fingerprint density at radius 1 is 1.46 bits per heavy atom. The van der Waals surface area contributed by atoms with Crippen LogP contribution in [0.2, 0.25) is 0 Å². The summed E-state index contributed by atoms with van der Waals surface area (Å²) in [5.74, 6) is 0.000556. The van der Waals surface area contributed by atoms with Gasteiger partial charge in [0.05, 0.1) is 12.2 Å². The molecule has 0 aliphatic heterocycles. The number of rotatable bonds is 0. The molecule has 0 saturated heterocycles. The van der Waals surface area contributed by atoms with Crippen LogP contribution in [0.1, 0.15) is 27.2 Å². The van der Waals surface area contributed by atoms with Crippen molar-refractivity contribution in [3.63, 3.8) is 0 Å². The van der Waals surface area contributed by atoms with E-state index in [4.69, 9.17) is 0 Å². The summed E-state index contributed by atoms with van der Waals surface area (Å²) in [5, 5.41) is 19.2. The Hall–Kier alpha value is -0.670. The van der Waals surface area contributed by atoms with Gasteiger partial charge in [0, 0.05) is 11.8 Å². The molecule has 2 atom stereocenters. The molecular formula is C10H16O3. The molecule has 1 rings (SSSR count). The van der Waals surface area contributed by atoms with E-state index in [1.807, 2.05) is 0 Å². The molecule has 0 bridgehead atoms. The average Bonchev–Trinajstić information content (AvgIpc) is 2.05. The summed E-state index contributed by atoms with van der Waals surface area (Å²) < 4.78 is 0. The lowest BCUT2D eigenvalue weighted by molar-refractivity contribution is -0.119. The number of aliphatic hydroxyl groups is 2. The van der Waals surface area contributed by atoms with E-state index in [1.165, 1.54) is 6.08 Å². The number of carbonyl (C=O) groups excluding carboxylic acids is 1. The van der Waals surface area contributed by atoms with E-state index < -0.39 is 17.6 Å². The van der Waals surface area contributed by atoms with Gasteiger partial charge in [0.25, 0.3) is 0 Å². The molecule has 0 radical (unpaired) electrons. The zero-order chi connectivity index (χ0) is 10.2. The Kier molecular flexibility index (Phi) is 2.59. The summed E-state index contributed by atoms with van der Waals surface area (Å²) in [4.78, 5) is 11.4. The van der Waals surface area contributed by atoms with Crippen molar-refractivity contribution in [2.45, 2.75) is 39.4 Å². The van der Waals surface area contributed by atoms with E-state index in [1.54, 1.807) is 20.8 Å². The van der Waals surface area contributed by atoms with Gasteiger partial charge in [-0.3, -0.25) is 4.79 Å². The molecule has 74 valence electrons. The molecule has 0 unspecified atom stereocenters. The van der Waals surface area contributed by atoms with Gasteiger partial charge in [-0.2, -0.15) is 0 Å². The van der Waals surface area contributed by atoms with Crippen molar-refractivity contribution in [1.82, 2.24) is 0 Å². The van der Waals surface area contributed by atoms with Crippen LogP contribution in [0.3, 0.4) is 0 Å². The second-order valence-corrected chi connectivity index (χ2v) is 4.37. The summed E-state index contributed by atoms with van der Waals surface area (Å²) in [5.41, 5.74) is -0.0118. The highest BCUT2D eigenvalue weighted by molar-refractivity contribution is 5.95. The average molecular weight is 184 g/mol. The van der Waals surface area contributed by atoms with E-state index >= 15 is 0 Å². The van der Waals surface area contributed by atoms with Crippen molar-refractivity contribution in [1.29, 1.82) is 0 Å². The normalized spacial score (nSPS) is 33.9. The van der Waals surface area contributed by atoms with Crippen molar-refractivity contribution < 1.29 is 15.0 Å². The molecule has 0 amide bonds. The van der Waals surface area contributed by atoms with Crippen LogP contribution in [0.15, 0.2) is 11.6 Å². The quantitative estimate of drug-likeness (QED) is 0.581. The van der Waals surface area contributed by atoms with E-state index in [0.717, 1.165) is 0 Å². The van der Waals surface area contributed by atoms with Gasteiger partial charge in [-0.1, -0.05) is 13.8 Å². The van der Waals surface area contributed by atoms with Crippen LogP contribution in [0.25, 0.3) is 0 Å². The van der Waals surface area contributed by atoms with Crippen molar-refractivity contribution in [2.24, 2.45) is 5.41 Å². The fourth-order valence-corrected chi connectivity index (χ4v) is 1.56. The minimum atomic E-state index is -0.929. The van der Waals surface area contributed by atoms with Gasteiger partial charge in [-0.05, 0) is 18.6 Å². The Balaban J connectivity index is 3.00. The summed E-state index contributed by atoms with van der Waals surface area (Å²) in [7, 11) is 0. The van der Waals surface area contributed by atoms with Crippen molar-refractivity contribution in [2.75, 3.05) is 0 Å². The summed E-state index contributed by atoms with van der Waals surface area (Å²) in [6.07, 6.45) is -0.0784. The maximum Gasteiger partial charge on any atom is 0.158 e. The zero-order valence-corrected chi connectivity index (χ0v) is 8.24. The fraction of sp³-hybridized carbons (Fsp3) is 0.700. The highest BCUT2D eigenvalue weighted by Gasteiger charge is 2.37. The zero-order valence-electron chi connectivity index (χ0n) is 8.24. The molecule has 0 fully saturated rings. The monoisotopic (exact) mass is 184 g/mol. The molecular weight excluding hydrogens is 168 g/mol. The van der Waals surface area contributed by atoms with E-state index in [0.29, 0.717) is 5.57 Å². The van der Waals surface area contributed by atoms with Crippen molar-refractivity contribution in [3.05, 3.63) is 11.6 Å². The number of hydrogen-bond acceptors (Lipinski definition) is 3. The molecule has 0 aromatic heterocycles. The third-order valence-electron chi connectivity index (χ3n) is 2.60. The molecule has 0 saturated carbocycles. The number of carbonyl (C=O) groups is 1. The summed E-state index contributed by atoms with van der Waals surface area (Å²) in [6.45, 7) is 5.23. The molecule has 13 heavy (non-hydrogen) atoms. The second kappa shape index (κ2) is 3.24. The van der Waals surface area contributed by atoms with Crippen LogP contribution in [0.5, 0.6) is 0 Å². The Bertz CT molecular complexity index is 253. The Morgan fingerprint density at radius 3 is 2.54 bits per heavy atom. The lowest BCUT2D eigenvalue weighted by Crippen LogP contribution is -2.38. The van der Waals surface area contributed by atoms with Crippen molar-refractivity contribution in [3.8, 4) is 0 Å². The van der Waals surface area contributed by atoms with Gasteiger partial charge in [-0.15, -0.1) is 0 Å². The first-order chi connectivity index (χ1) is 5.84. The minimum Gasteiger partial charge on any atom is -0.390 e. The maximum absolute atomic E-state index is 11.4. The molecule has 0 aromatic carbocycles. The van der Waals surface area contributed by atoms with E-state index in [9.17, 15) is 15.0 Å². The molecule has 3 nitrogen and oxygen atoms in total. The van der Waals surface area contributed by atoms with Crippen LogP contribution in [-0.2, 0) is 4.79 Å². The van der Waals surface area contributed by atoms with Crippen LogP contribution in [0.4, 0.5) is 0 Å². The van der Waals surface area contributed by atoms with Gasteiger partial charge in [-0.25, -0.2) is 0 Å². The topological polar surface area (TPSA) is 57.5 Å². The summed E-state index contributed by atoms with van der Waals surface area (Å²) >= 11 is 0. The smallest absolute Gasteiger partial charge is 0.158 e. The first-order valence-electron chi connectivity index (χ1n) is 4.42. The van der Waals surface area contributed by atoms with Gasteiger partial charge in [0.15, 0.2) is 5.78 Å².